The van der Waals surface area contributed by atoms with Crippen LogP contribution < -0.4 is 4.74 Å². The van der Waals surface area contributed by atoms with E-state index in [0.29, 0.717) is 0 Å². The van der Waals surface area contributed by atoms with Crippen LogP contribution in [0.1, 0.15) is 5.56 Å². The first kappa shape index (κ1) is 12.1. The van der Waals surface area contributed by atoms with Crippen molar-refractivity contribution in [3.8, 4) is 5.75 Å². The largest absolute Gasteiger partial charge is 0.497 e. The van der Waals surface area contributed by atoms with E-state index in [1.165, 1.54) is 6.08 Å². The molecule has 0 unspecified atom stereocenters. The molecule has 0 fully saturated rings. The Hall–Kier alpha value is -1.00. The predicted octanol–water partition coefficient (Wildman–Crippen LogP) is 2.28. The van der Waals surface area contributed by atoms with Crippen LogP contribution in [-0.4, -0.2) is 21.3 Å². The Morgan fingerprint density at radius 1 is 1.33 bits per heavy atom. The highest BCUT2D eigenvalue weighted by molar-refractivity contribution is 8.13. The first-order chi connectivity index (χ1) is 7.01. The summed E-state index contributed by atoms with van der Waals surface area (Å²) in [6, 6.07) is 7.26. The van der Waals surface area contributed by atoms with E-state index in [2.05, 4.69) is 0 Å². The summed E-state index contributed by atoms with van der Waals surface area (Å²) >= 11 is 0. The van der Waals surface area contributed by atoms with Crippen molar-refractivity contribution in [1.82, 2.24) is 0 Å². The minimum atomic E-state index is -3.45. The Morgan fingerprint density at radius 3 is 2.40 bits per heavy atom. The lowest BCUT2D eigenvalue weighted by molar-refractivity contribution is 0.415. The molecule has 0 aliphatic heterocycles. The van der Waals surface area contributed by atoms with Crippen LogP contribution >= 0.6 is 10.7 Å². The van der Waals surface area contributed by atoms with Gasteiger partial charge in [0.1, 0.15) is 5.75 Å². The van der Waals surface area contributed by atoms with Crippen molar-refractivity contribution in [1.29, 1.82) is 0 Å². The fraction of sp³-hybridized carbons (Fsp3) is 0.200. The minimum absolute atomic E-state index is 0.166. The van der Waals surface area contributed by atoms with Gasteiger partial charge in [-0.3, -0.25) is 0 Å². The fourth-order valence-electron chi connectivity index (χ4n) is 1.01. The van der Waals surface area contributed by atoms with Gasteiger partial charge in [-0.1, -0.05) is 24.3 Å². The summed E-state index contributed by atoms with van der Waals surface area (Å²) in [5.74, 6) is 0.595. The van der Waals surface area contributed by atoms with Crippen LogP contribution in [0.5, 0.6) is 5.75 Å². The van der Waals surface area contributed by atoms with Gasteiger partial charge in [0.15, 0.2) is 0 Å². The van der Waals surface area contributed by atoms with Gasteiger partial charge in [0.05, 0.1) is 12.9 Å². The van der Waals surface area contributed by atoms with E-state index in [9.17, 15) is 8.42 Å². The molecule has 0 saturated heterocycles. The Kier molecular flexibility index (Phi) is 4.17. The number of halogens is 1. The molecule has 0 aromatic heterocycles. The van der Waals surface area contributed by atoms with Gasteiger partial charge in [0.25, 0.3) is 0 Å². The summed E-state index contributed by atoms with van der Waals surface area (Å²) in [6.07, 6.45) is 3.20. The van der Waals surface area contributed by atoms with Gasteiger partial charge in [-0.2, -0.15) is 0 Å². The highest BCUT2D eigenvalue weighted by Gasteiger charge is 1.99. The SMILES string of the molecule is COc1ccc(C=CCS(=O)(=O)Cl)cc1. The lowest BCUT2D eigenvalue weighted by Crippen LogP contribution is -1.91. The Labute approximate surface area is 93.7 Å². The third kappa shape index (κ3) is 4.85. The molecule has 5 heteroatoms. The van der Waals surface area contributed by atoms with E-state index in [0.717, 1.165) is 11.3 Å². The van der Waals surface area contributed by atoms with Gasteiger partial charge >= 0.3 is 0 Å². The average Bonchev–Trinajstić information content (AvgIpc) is 2.17. The Morgan fingerprint density at radius 2 is 1.93 bits per heavy atom. The van der Waals surface area contributed by atoms with Crippen molar-refractivity contribution >= 4 is 25.8 Å². The molecule has 0 amide bonds. The molecule has 0 N–H and O–H groups in total. The maximum absolute atomic E-state index is 10.6. The maximum atomic E-state index is 10.6. The van der Waals surface area contributed by atoms with Gasteiger partial charge in [-0.25, -0.2) is 8.42 Å². The Balaban J connectivity index is 2.65. The minimum Gasteiger partial charge on any atom is -0.497 e. The predicted molar refractivity (Wildman–Crippen MR) is 61.7 cm³/mol. The highest BCUT2D eigenvalue weighted by Crippen LogP contribution is 2.12. The zero-order valence-electron chi connectivity index (χ0n) is 8.18. The molecule has 0 aliphatic carbocycles. The van der Waals surface area contributed by atoms with Crippen LogP contribution in [0.2, 0.25) is 0 Å². The molecule has 0 spiro atoms. The number of hydrogen-bond donors (Lipinski definition) is 0. The van der Waals surface area contributed by atoms with Crippen molar-refractivity contribution in [2.75, 3.05) is 12.9 Å². The van der Waals surface area contributed by atoms with Gasteiger partial charge in [0, 0.05) is 10.7 Å². The second-order valence-corrected chi connectivity index (χ2v) is 5.70. The summed E-state index contributed by atoms with van der Waals surface area (Å²) < 4.78 is 26.2. The van der Waals surface area contributed by atoms with Gasteiger partial charge in [-0.05, 0) is 17.7 Å². The van der Waals surface area contributed by atoms with Crippen LogP contribution in [-0.2, 0) is 9.05 Å². The average molecular weight is 247 g/mol. The summed E-state index contributed by atoms with van der Waals surface area (Å²) in [6.45, 7) is 0. The molecule has 1 rings (SSSR count). The molecule has 1 aromatic rings. The van der Waals surface area contributed by atoms with Gasteiger partial charge < -0.3 is 4.74 Å². The smallest absolute Gasteiger partial charge is 0.236 e. The first-order valence-electron chi connectivity index (χ1n) is 4.24. The molecule has 15 heavy (non-hydrogen) atoms. The van der Waals surface area contributed by atoms with Crippen LogP contribution in [0.25, 0.3) is 6.08 Å². The standard InChI is InChI=1S/C10H11ClO3S/c1-14-10-6-4-9(5-7-10)3-2-8-15(11,12)13/h2-7H,8H2,1H3. The van der Waals surface area contributed by atoms with Gasteiger partial charge in [0.2, 0.25) is 9.05 Å². The number of benzene rings is 1. The summed E-state index contributed by atoms with van der Waals surface area (Å²) in [4.78, 5) is 0. The lowest BCUT2D eigenvalue weighted by Gasteiger charge is -1.98. The quantitative estimate of drug-likeness (QED) is 0.766. The van der Waals surface area contributed by atoms with Crippen LogP contribution in [0.4, 0.5) is 0 Å². The summed E-state index contributed by atoms with van der Waals surface area (Å²) in [5.41, 5.74) is 0.899. The molecule has 0 bridgehead atoms. The third-order valence-corrected chi connectivity index (χ3v) is 2.69. The van der Waals surface area contributed by atoms with Crippen molar-refractivity contribution in [2.24, 2.45) is 0 Å². The van der Waals surface area contributed by atoms with Crippen molar-refractivity contribution in [2.45, 2.75) is 0 Å². The first-order valence-corrected chi connectivity index (χ1v) is 6.72. The van der Waals surface area contributed by atoms with Gasteiger partial charge in [-0.15, -0.1) is 0 Å². The van der Waals surface area contributed by atoms with E-state index < -0.39 is 9.05 Å². The topological polar surface area (TPSA) is 43.4 Å². The molecule has 3 nitrogen and oxygen atoms in total. The van der Waals surface area contributed by atoms with E-state index in [1.54, 1.807) is 25.3 Å². The normalized spacial score (nSPS) is 11.9. The number of rotatable bonds is 4. The zero-order chi connectivity index (χ0) is 11.3. The van der Waals surface area contributed by atoms with Crippen molar-refractivity contribution in [3.05, 3.63) is 35.9 Å². The Bertz CT molecular complexity index is 434. The zero-order valence-corrected chi connectivity index (χ0v) is 9.75. The number of methoxy groups -OCH3 is 1. The monoisotopic (exact) mass is 246 g/mol. The molecule has 0 saturated carbocycles. The van der Waals surface area contributed by atoms with Crippen LogP contribution in [0.3, 0.4) is 0 Å². The molecular formula is C10H11ClO3S. The van der Waals surface area contributed by atoms with Crippen molar-refractivity contribution in [3.63, 3.8) is 0 Å². The number of ether oxygens (including phenoxy) is 1. The van der Waals surface area contributed by atoms with E-state index in [4.69, 9.17) is 15.4 Å². The molecule has 0 atom stereocenters. The second-order valence-electron chi connectivity index (χ2n) is 2.88. The summed E-state index contributed by atoms with van der Waals surface area (Å²) in [7, 11) is 3.19. The lowest BCUT2D eigenvalue weighted by atomic mass is 10.2. The molecule has 0 radical (unpaired) electrons. The van der Waals surface area contributed by atoms with E-state index in [1.807, 2.05) is 12.1 Å². The maximum Gasteiger partial charge on any atom is 0.236 e. The second kappa shape index (κ2) is 5.19. The molecule has 82 valence electrons. The van der Waals surface area contributed by atoms with E-state index in [-0.39, 0.29) is 5.75 Å². The number of hydrogen-bond acceptors (Lipinski definition) is 3. The molecule has 0 aliphatic rings. The van der Waals surface area contributed by atoms with Crippen LogP contribution in [0.15, 0.2) is 30.3 Å². The third-order valence-electron chi connectivity index (χ3n) is 1.72. The molecule has 0 heterocycles. The highest BCUT2D eigenvalue weighted by atomic mass is 35.7. The summed E-state index contributed by atoms with van der Waals surface area (Å²) in [5, 5.41) is 0. The van der Waals surface area contributed by atoms with Crippen molar-refractivity contribution < 1.29 is 13.2 Å². The van der Waals surface area contributed by atoms with Crippen LogP contribution in [0, 0.1) is 0 Å². The fourth-order valence-corrected chi connectivity index (χ4v) is 1.56. The van der Waals surface area contributed by atoms with E-state index >= 15 is 0 Å². The molecular weight excluding hydrogens is 236 g/mol. The molecule has 1 aromatic carbocycles.